The quantitative estimate of drug-likeness (QED) is 0.284. The third-order valence-corrected chi connectivity index (χ3v) is 9.29. The van der Waals surface area contributed by atoms with Crippen LogP contribution in [0, 0.1) is 0 Å². The van der Waals surface area contributed by atoms with E-state index < -0.39 is 31.8 Å². The third kappa shape index (κ3) is 6.52. The first kappa shape index (κ1) is 28.8. The summed E-state index contributed by atoms with van der Waals surface area (Å²) in [6, 6.07) is 27.5. The molecule has 4 aromatic rings. The lowest BCUT2D eigenvalue weighted by molar-refractivity contribution is 0.0940. The van der Waals surface area contributed by atoms with Crippen molar-refractivity contribution >= 4 is 31.5 Å². The van der Waals surface area contributed by atoms with Crippen molar-refractivity contribution in [2.75, 3.05) is 17.7 Å². The van der Waals surface area contributed by atoms with E-state index in [0.29, 0.717) is 11.3 Å². The number of methoxy groups -OCH3 is 1. The van der Waals surface area contributed by atoms with Crippen LogP contribution in [0.2, 0.25) is 0 Å². The molecule has 40 heavy (non-hydrogen) atoms. The second-order valence-corrected chi connectivity index (χ2v) is 13.1. The van der Waals surface area contributed by atoms with Gasteiger partial charge in [-0.05, 0) is 66.6 Å². The molecule has 1 amide bonds. The SMILES string of the molecule is COc1ccc(S(=O)(=O)N(Cc2ccccc2)c2ccccc2C(=O)N[C@@H](C)c2ccc(S(C)(=O)=O)cc2)cc1. The molecule has 0 spiro atoms. The van der Waals surface area contributed by atoms with E-state index in [0.717, 1.165) is 11.8 Å². The van der Waals surface area contributed by atoms with Gasteiger partial charge in [-0.15, -0.1) is 0 Å². The predicted octanol–water partition coefficient (Wildman–Crippen LogP) is 4.99. The molecule has 1 N–H and O–H groups in total. The van der Waals surface area contributed by atoms with Gasteiger partial charge in [-0.3, -0.25) is 9.10 Å². The lowest BCUT2D eigenvalue weighted by Crippen LogP contribution is -2.34. The first-order valence-electron chi connectivity index (χ1n) is 12.4. The minimum atomic E-state index is -4.09. The lowest BCUT2D eigenvalue weighted by atomic mass is 10.1. The predicted molar refractivity (Wildman–Crippen MR) is 155 cm³/mol. The minimum Gasteiger partial charge on any atom is -0.497 e. The molecule has 1 atom stereocenters. The molecule has 0 aliphatic heterocycles. The molecule has 208 valence electrons. The van der Waals surface area contributed by atoms with Crippen LogP contribution in [0.1, 0.15) is 34.5 Å². The standard InChI is InChI=1S/C30H30N2O6S2/c1-22(24-13-17-26(18-14-24)39(3,34)35)31-30(33)28-11-7-8-12-29(28)32(21-23-9-5-4-6-10-23)40(36,37)27-19-15-25(38-2)16-20-27/h4-20,22H,21H2,1-3H3,(H,31,33)/t22-/m0/s1. The van der Waals surface area contributed by atoms with Gasteiger partial charge in [0.15, 0.2) is 9.84 Å². The molecule has 0 aliphatic carbocycles. The number of hydrogen-bond donors (Lipinski definition) is 1. The van der Waals surface area contributed by atoms with Crippen LogP contribution >= 0.6 is 0 Å². The summed E-state index contributed by atoms with van der Waals surface area (Å²) >= 11 is 0. The Labute approximate surface area is 235 Å². The molecular weight excluding hydrogens is 548 g/mol. The van der Waals surface area contributed by atoms with Crippen LogP contribution in [0.25, 0.3) is 0 Å². The fraction of sp³-hybridized carbons (Fsp3) is 0.167. The smallest absolute Gasteiger partial charge is 0.264 e. The van der Waals surface area contributed by atoms with Crippen molar-refractivity contribution in [3.8, 4) is 5.75 Å². The maximum absolute atomic E-state index is 14.0. The van der Waals surface area contributed by atoms with Gasteiger partial charge in [-0.1, -0.05) is 54.6 Å². The molecule has 0 radical (unpaired) electrons. The summed E-state index contributed by atoms with van der Waals surface area (Å²) < 4.78 is 57.9. The average Bonchev–Trinajstić information content (AvgIpc) is 2.96. The Kier molecular flexibility index (Phi) is 8.61. The summed E-state index contributed by atoms with van der Waals surface area (Å²) in [7, 11) is -5.94. The summed E-state index contributed by atoms with van der Waals surface area (Å²) in [4.78, 5) is 13.8. The van der Waals surface area contributed by atoms with Gasteiger partial charge < -0.3 is 10.1 Å². The highest BCUT2D eigenvalue weighted by molar-refractivity contribution is 7.92. The number of para-hydroxylation sites is 1. The van der Waals surface area contributed by atoms with E-state index >= 15 is 0 Å². The summed E-state index contributed by atoms with van der Waals surface area (Å²) in [5, 5.41) is 2.91. The number of rotatable bonds is 10. The van der Waals surface area contributed by atoms with Gasteiger partial charge in [-0.25, -0.2) is 16.8 Å². The highest BCUT2D eigenvalue weighted by Gasteiger charge is 2.29. The van der Waals surface area contributed by atoms with Gasteiger partial charge >= 0.3 is 0 Å². The van der Waals surface area contributed by atoms with Crippen LogP contribution < -0.4 is 14.4 Å². The molecule has 0 unspecified atom stereocenters. The number of sulfone groups is 1. The van der Waals surface area contributed by atoms with Crippen LogP contribution in [0.3, 0.4) is 0 Å². The van der Waals surface area contributed by atoms with Crippen molar-refractivity contribution in [2.24, 2.45) is 0 Å². The maximum Gasteiger partial charge on any atom is 0.264 e. The van der Waals surface area contributed by atoms with Crippen molar-refractivity contribution in [3.63, 3.8) is 0 Å². The van der Waals surface area contributed by atoms with Crippen molar-refractivity contribution < 1.29 is 26.4 Å². The Hall–Kier alpha value is -4.15. The lowest BCUT2D eigenvalue weighted by Gasteiger charge is -2.27. The fourth-order valence-electron chi connectivity index (χ4n) is 4.17. The van der Waals surface area contributed by atoms with Crippen LogP contribution in [0.5, 0.6) is 5.75 Å². The van der Waals surface area contributed by atoms with E-state index in [1.165, 1.54) is 35.7 Å². The molecule has 0 aliphatic rings. The first-order chi connectivity index (χ1) is 19.0. The summed E-state index contributed by atoms with van der Waals surface area (Å²) in [5.74, 6) is 0.0465. The highest BCUT2D eigenvalue weighted by Crippen LogP contribution is 2.30. The van der Waals surface area contributed by atoms with E-state index in [1.54, 1.807) is 55.5 Å². The molecule has 8 nitrogen and oxygen atoms in total. The Balaban J connectivity index is 1.70. The average molecular weight is 579 g/mol. The van der Waals surface area contributed by atoms with Gasteiger partial charge in [-0.2, -0.15) is 0 Å². The van der Waals surface area contributed by atoms with Crippen molar-refractivity contribution in [3.05, 3.63) is 120 Å². The number of hydrogen-bond acceptors (Lipinski definition) is 6. The fourth-order valence-corrected chi connectivity index (χ4v) is 6.27. The molecule has 0 bridgehead atoms. The Bertz CT molecular complexity index is 1690. The molecular formula is C30H30N2O6S2. The van der Waals surface area contributed by atoms with Crippen molar-refractivity contribution in [2.45, 2.75) is 29.3 Å². The molecule has 4 rings (SSSR count). The monoisotopic (exact) mass is 578 g/mol. The zero-order valence-corrected chi connectivity index (χ0v) is 23.9. The third-order valence-electron chi connectivity index (χ3n) is 6.39. The maximum atomic E-state index is 14.0. The summed E-state index contributed by atoms with van der Waals surface area (Å²) in [6.45, 7) is 1.77. The molecule has 0 saturated heterocycles. The van der Waals surface area contributed by atoms with Crippen LogP contribution in [0.4, 0.5) is 5.69 Å². The number of carbonyl (C=O) groups excluding carboxylic acids is 1. The first-order valence-corrected chi connectivity index (χ1v) is 15.7. The topological polar surface area (TPSA) is 110 Å². The van der Waals surface area contributed by atoms with Crippen molar-refractivity contribution in [1.82, 2.24) is 5.32 Å². The van der Waals surface area contributed by atoms with E-state index in [-0.39, 0.29) is 27.6 Å². The van der Waals surface area contributed by atoms with Gasteiger partial charge in [0.05, 0.1) is 40.7 Å². The zero-order chi connectivity index (χ0) is 28.9. The molecule has 0 saturated carbocycles. The Morgan fingerprint density at radius 1 is 0.800 bits per heavy atom. The molecule has 0 aromatic heterocycles. The Morgan fingerprint density at radius 3 is 1.98 bits per heavy atom. The number of ether oxygens (including phenoxy) is 1. The van der Waals surface area contributed by atoms with Gasteiger partial charge in [0.1, 0.15) is 5.75 Å². The van der Waals surface area contributed by atoms with Gasteiger partial charge in [0, 0.05) is 6.26 Å². The molecule has 0 heterocycles. The second kappa shape index (κ2) is 11.9. The van der Waals surface area contributed by atoms with Gasteiger partial charge in [0.25, 0.3) is 15.9 Å². The number of nitrogens with one attached hydrogen (secondary N) is 1. The van der Waals surface area contributed by atoms with E-state index in [9.17, 15) is 21.6 Å². The Morgan fingerprint density at radius 2 is 1.38 bits per heavy atom. The van der Waals surface area contributed by atoms with Crippen molar-refractivity contribution in [1.29, 1.82) is 0 Å². The van der Waals surface area contributed by atoms with Crippen LogP contribution in [-0.2, 0) is 26.4 Å². The number of amides is 1. The largest absolute Gasteiger partial charge is 0.497 e. The van der Waals surface area contributed by atoms with E-state index in [1.807, 2.05) is 30.3 Å². The van der Waals surface area contributed by atoms with Gasteiger partial charge in [0.2, 0.25) is 0 Å². The second-order valence-electron chi connectivity index (χ2n) is 9.23. The summed E-state index contributed by atoms with van der Waals surface area (Å²) in [5.41, 5.74) is 1.84. The highest BCUT2D eigenvalue weighted by atomic mass is 32.2. The van der Waals surface area contributed by atoms with E-state index in [2.05, 4.69) is 5.32 Å². The van der Waals surface area contributed by atoms with Crippen LogP contribution in [-0.4, -0.2) is 36.1 Å². The molecule has 10 heteroatoms. The normalized spacial score (nSPS) is 12.4. The summed E-state index contributed by atoms with van der Waals surface area (Å²) in [6.07, 6.45) is 1.13. The zero-order valence-electron chi connectivity index (χ0n) is 22.3. The molecule has 4 aromatic carbocycles. The minimum absolute atomic E-state index is 0.00199. The molecule has 0 fully saturated rings. The number of sulfonamides is 1. The number of nitrogens with zero attached hydrogens (tertiary/aromatic N) is 1. The number of carbonyl (C=O) groups is 1. The van der Waals surface area contributed by atoms with E-state index in [4.69, 9.17) is 4.74 Å². The van der Waals surface area contributed by atoms with Crippen LogP contribution in [0.15, 0.2) is 113 Å². The number of benzene rings is 4. The number of anilines is 1.